The summed E-state index contributed by atoms with van der Waals surface area (Å²) in [6, 6.07) is 15.4. The van der Waals surface area contributed by atoms with Gasteiger partial charge in [0.1, 0.15) is 40.9 Å². The zero-order valence-corrected chi connectivity index (χ0v) is 47.2. The van der Waals surface area contributed by atoms with Crippen molar-refractivity contribution in [2.75, 3.05) is 27.9 Å². The molecule has 9 N–H and O–H groups in total. The summed E-state index contributed by atoms with van der Waals surface area (Å²) >= 11 is 13.9. The maximum absolute atomic E-state index is 15.5. The van der Waals surface area contributed by atoms with Gasteiger partial charge in [-0.1, -0.05) is 68.2 Å². The quantitative estimate of drug-likeness (QED) is 0.0652. The molecule has 11 bridgehead atoms. The highest BCUT2D eigenvalue weighted by molar-refractivity contribution is 6.32. The van der Waals surface area contributed by atoms with Gasteiger partial charge in [0.05, 0.1) is 68.0 Å². The van der Waals surface area contributed by atoms with Crippen LogP contribution in [0.25, 0.3) is 11.1 Å². The molecule has 5 aliphatic heterocycles. The van der Waals surface area contributed by atoms with E-state index in [-0.39, 0.29) is 67.1 Å². The predicted octanol–water partition coefficient (Wildman–Crippen LogP) is 8.38. The summed E-state index contributed by atoms with van der Waals surface area (Å²) in [5, 5.41) is 53.8. The van der Waals surface area contributed by atoms with E-state index in [2.05, 4.69) is 16.0 Å². The minimum Gasteiger partial charge on any atom is -0.496 e. The number of aliphatic hydroxyl groups excluding tert-OH is 3. The number of amides is 4. The molecular formula is C60H65Cl2N5O14. The highest BCUT2D eigenvalue weighted by Gasteiger charge is 2.41. The summed E-state index contributed by atoms with van der Waals surface area (Å²) in [5.41, 5.74) is 7.95. The van der Waals surface area contributed by atoms with E-state index in [4.69, 9.17) is 52.6 Å². The second kappa shape index (κ2) is 25.1. The van der Waals surface area contributed by atoms with Crippen LogP contribution in [0.15, 0.2) is 78.9 Å². The van der Waals surface area contributed by atoms with E-state index >= 15 is 9.59 Å². The second-order valence-electron chi connectivity index (χ2n) is 21.2. The number of ether oxygens (including phenoxy) is 5. The first-order valence-electron chi connectivity index (χ1n) is 26.4. The number of halogens is 2. The van der Waals surface area contributed by atoms with Gasteiger partial charge < -0.3 is 66.1 Å². The average molecular weight is 1150 g/mol. The van der Waals surface area contributed by atoms with Gasteiger partial charge in [0.25, 0.3) is 0 Å². The molecule has 21 heteroatoms. The van der Waals surface area contributed by atoms with E-state index in [1.54, 1.807) is 37.3 Å². The van der Waals surface area contributed by atoms with Crippen LogP contribution in [0.3, 0.4) is 0 Å². The molecule has 5 aromatic carbocycles. The lowest BCUT2D eigenvalue weighted by molar-refractivity contribution is -0.136. The summed E-state index contributed by atoms with van der Waals surface area (Å²) < 4.78 is 30.8. The predicted molar refractivity (Wildman–Crippen MR) is 300 cm³/mol. The normalized spacial score (nSPS) is 22.6. The second-order valence-corrected chi connectivity index (χ2v) is 22.0. The smallest absolute Gasteiger partial charge is 0.227 e. The third kappa shape index (κ3) is 12.8. The topological polar surface area (TPSA) is 295 Å². The SMILES string of the molecule is COc1ccc2cc1-c1c(OC)cc(C)cc1[C@@H](CO)NC(=O)[C@H]1CC(=O)[C@H]2CC(=N)[C@@H]2NC(=O)[C@H](CC(N)=O)CC(=O)[C@H](NC(=O)[C@H](C)CC(C)C)[C@H](O)c3ccc(c(Cl)c3)Oc3cc2cc(c3OC)Oc2ccc(cc2Cl)[C@H]1O. The van der Waals surface area contributed by atoms with Gasteiger partial charge in [0, 0.05) is 54.4 Å². The van der Waals surface area contributed by atoms with Gasteiger partial charge in [-0.05, 0) is 107 Å². The molecule has 5 heterocycles. The molecule has 0 saturated heterocycles. The molecule has 5 aliphatic rings. The summed E-state index contributed by atoms with van der Waals surface area (Å²) in [6.45, 7) is 6.72. The highest BCUT2D eigenvalue weighted by Crippen LogP contribution is 2.49. The molecule has 0 aromatic heterocycles. The third-order valence-electron chi connectivity index (χ3n) is 15.0. The Balaban J connectivity index is 1.38. The van der Waals surface area contributed by atoms with Crippen molar-refractivity contribution < 1.29 is 67.8 Å². The Bertz CT molecular complexity index is 3310. The number of hydrogen-bond acceptors (Lipinski definition) is 15. The van der Waals surface area contributed by atoms with Crippen molar-refractivity contribution in [2.24, 2.45) is 29.4 Å². The van der Waals surface area contributed by atoms with Crippen molar-refractivity contribution in [3.05, 3.63) is 122 Å². The van der Waals surface area contributed by atoms with Crippen LogP contribution in [0.1, 0.15) is 116 Å². The molecule has 0 unspecified atom stereocenters. The number of aliphatic hydroxyl groups is 3. The maximum Gasteiger partial charge on any atom is 0.227 e. The van der Waals surface area contributed by atoms with Crippen molar-refractivity contribution >= 4 is 64.1 Å². The fraction of sp³-hybridized carbons (Fsp3) is 0.383. The van der Waals surface area contributed by atoms with Crippen LogP contribution in [-0.4, -0.2) is 90.2 Å². The van der Waals surface area contributed by atoms with Gasteiger partial charge in [-0.2, -0.15) is 0 Å². The first kappa shape index (κ1) is 59.6. The number of Topliss-reactive ketones (excluding diaryl/α,β-unsaturated/α-hetero) is 2. The number of carbonyl (C=O) groups excluding carboxylic acids is 6. The number of primary amides is 1. The lowest BCUT2D eigenvalue weighted by atomic mass is 9.79. The number of nitrogens with two attached hydrogens (primary N) is 1. The number of benzene rings is 5. The van der Waals surface area contributed by atoms with Gasteiger partial charge in [0.2, 0.25) is 29.4 Å². The van der Waals surface area contributed by atoms with Crippen LogP contribution < -0.4 is 45.4 Å². The lowest BCUT2D eigenvalue weighted by Crippen LogP contribution is -2.48. The van der Waals surface area contributed by atoms with E-state index in [0.29, 0.717) is 45.7 Å². The summed E-state index contributed by atoms with van der Waals surface area (Å²) in [7, 11) is 4.23. The molecule has 10 rings (SSSR count). The first-order valence-corrected chi connectivity index (χ1v) is 27.1. The van der Waals surface area contributed by atoms with E-state index in [9.17, 15) is 39.9 Å². The average Bonchev–Trinajstić information content (AvgIpc) is 3.48. The van der Waals surface area contributed by atoms with Crippen LogP contribution in [0.2, 0.25) is 10.0 Å². The Morgan fingerprint density at radius 2 is 1.36 bits per heavy atom. The van der Waals surface area contributed by atoms with Gasteiger partial charge >= 0.3 is 0 Å². The zero-order chi connectivity index (χ0) is 58.7. The molecule has 0 spiro atoms. The number of carbonyl (C=O) groups is 6. The molecule has 0 fully saturated rings. The monoisotopic (exact) mass is 1150 g/mol. The number of hydrogen-bond donors (Lipinski definition) is 8. The standard InChI is InChI=1S/C60H65Cl2N5O14/c1-27(2)14-29(4)58(74)67-54-44(70)20-34(23-51(64)71)59(75)66-53-33-21-49(57(79-7)50(22-33)81-47-13-10-32(56(54)73)19-40(47)62)80-46-12-9-31(18-39(46)61)55(72)38-25-43(69)35(24-41(53)63)30-8-11-45(77-5)37(17-30)52-36(42(26-68)65-60(38)76)15-28(3)16-48(52)78-6/h8-13,15-19,21-22,27,29,34-35,38,42,53-56,63,68,72-73H,14,20,23-26H2,1-7H3,(H2,64,71)(H,65,76)(H,66,75)(H,67,74)/t29-,34+,35+,38+,42-,53-,54+,55-,56-/m1/s1. The minimum atomic E-state index is -1.74. The van der Waals surface area contributed by atoms with Crippen LogP contribution in [0, 0.1) is 36.0 Å². The van der Waals surface area contributed by atoms with Gasteiger partial charge in [-0.3, -0.25) is 28.8 Å². The molecule has 0 radical (unpaired) electrons. The van der Waals surface area contributed by atoms with Crippen molar-refractivity contribution in [2.45, 2.75) is 96.1 Å². The van der Waals surface area contributed by atoms with E-state index in [1.807, 2.05) is 20.8 Å². The lowest BCUT2D eigenvalue weighted by Gasteiger charge is -2.31. The highest BCUT2D eigenvalue weighted by atomic mass is 35.5. The fourth-order valence-corrected chi connectivity index (χ4v) is 11.4. The zero-order valence-electron chi connectivity index (χ0n) is 45.7. The Labute approximate surface area is 478 Å². The van der Waals surface area contributed by atoms with Crippen molar-refractivity contribution in [1.29, 1.82) is 5.41 Å². The fourth-order valence-electron chi connectivity index (χ4n) is 10.9. The summed E-state index contributed by atoms with van der Waals surface area (Å²) in [5.74, 6) is -9.34. The maximum atomic E-state index is 15.5. The Hall–Kier alpha value is -7.55. The Kier molecular flexibility index (Phi) is 18.4. The Morgan fingerprint density at radius 1 is 0.741 bits per heavy atom. The molecule has 0 aliphatic carbocycles. The number of nitrogens with one attached hydrogen (secondary N) is 4. The molecule has 9 atom stereocenters. The third-order valence-corrected chi connectivity index (χ3v) is 15.6. The molecule has 19 nitrogen and oxygen atoms in total. The Morgan fingerprint density at radius 3 is 1.93 bits per heavy atom. The summed E-state index contributed by atoms with van der Waals surface area (Å²) in [4.78, 5) is 86.7. The molecule has 0 saturated carbocycles. The minimum absolute atomic E-state index is 0.000622. The van der Waals surface area contributed by atoms with E-state index in [0.717, 1.165) is 0 Å². The number of fused-ring (bicyclic) bond motifs is 15. The molecule has 4 amide bonds. The molecule has 5 aromatic rings. The largest absolute Gasteiger partial charge is 0.496 e. The van der Waals surface area contributed by atoms with Crippen LogP contribution in [0.4, 0.5) is 0 Å². The van der Waals surface area contributed by atoms with Gasteiger partial charge in [0.15, 0.2) is 17.3 Å². The molecule has 81 heavy (non-hydrogen) atoms. The van der Waals surface area contributed by atoms with Gasteiger partial charge in [-0.15, -0.1) is 0 Å². The van der Waals surface area contributed by atoms with Crippen molar-refractivity contribution in [1.82, 2.24) is 16.0 Å². The van der Waals surface area contributed by atoms with Crippen molar-refractivity contribution in [3.63, 3.8) is 0 Å². The number of aryl methyl sites for hydroxylation is 1. The number of methoxy groups -OCH3 is 3. The van der Waals surface area contributed by atoms with Crippen LogP contribution in [0.5, 0.6) is 40.2 Å². The first-order chi connectivity index (χ1) is 38.5. The summed E-state index contributed by atoms with van der Waals surface area (Å²) in [6.07, 6.45) is -5.58. The van der Waals surface area contributed by atoms with E-state index < -0.39 is 121 Å². The van der Waals surface area contributed by atoms with Crippen molar-refractivity contribution in [3.8, 4) is 51.4 Å². The number of rotatable bonds is 10. The number of ketones is 2. The molecule has 428 valence electrons. The van der Waals surface area contributed by atoms with Crippen LogP contribution >= 0.6 is 23.2 Å². The molecular weight excluding hydrogens is 1090 g/mol. The van der Waals surface area contributed by atoms with Crippen LogP contribution in [-0.2, 0) is 28.8 Å². The van der Waals surface area contributed by atoms with Gasteiger partial charge in [-0.25, -0.2) is 0 Å². The van der Waals surface area contributed by atoms with E-state index in [1.165, 1.54) is 69.9 Å².